The van der Waals surface area contributed by atoms with Crippen LogP contribution in [0.2, 0.25) is 0 Å². The highest BCUT2D eigenvalue weighted by Gasteiger charge is 2.72. The number of Topliss-reactive ketones (excluding diaryl/α,β-unsaturated/α-hetero) is 1. The molecule has 4 aliphatic rings. The number of likely N-dealkylation sites (tertiary alicyclic amines) is 1. The number of aliphatic hydroxyl groups is 1. The van der Waals surface area contributed by atoms with E-state index in [0.717, 1.165) is 10.5 Å². The van der Waals surface area contributed by atoms with Crippen LogP contribution < -0.4 is 9.64 Å². The van der Waals surface area contributed by atoms with Crippen LogP contribution >= 0.6 is 12.4 Å². The van der Waals surface area contributed by atoms with Crippen molar-refractivity contribution in [3.05, 3.63) is 23.3 Å². The first-order valence-electron chi connectivity index (χ1n) is 11.1. The number of rotatable bonds is 4. The highest BCUT2D eigenvalue weighted by Crippen LogP contribution is 2.64. The first-order chi connectivity index (χ1) is 15.0. The highest BCUT2D eigenvalue weighted by atomic mass is 35.5. The molecule has 2 heterocycles. The summed E-state index contributed by atoms with van der Waals surface area (Å²) in [7, 11) is 1.98. The topological polar surface area (TPSA) is 128 Å². The number of aliphatic carboxylic acids is 1. The van der Waals surface area contributed by atoms with Gasteiger partial charge in [-0.2, -0.15) is 0 Å². The van der Waals surface area contributed by atoms with E-state index in [0.29, 0.717) is 31.4 Å². The lowest BCUT2D eigenvalue weighted by Crippen LogP contribution is -2.76. The SMILES string of the molecule is CC(C)[C@@H](C(=O)O)N(C(=O)O)c1ccc2c3c1OC1C(=O)CC[C@@]4(O)[C@@H](C2)N(C)CC[C@]314.Cl. The smallest absolute Gasteiger partial charge is 0.412 e. The standard InChI is InChI=1S/C23H28N2O7.ClH/c1-11(2)17(20(27)28)25(21(29)30)13-5-4-12-10-15-23(31)7-6-14(26)19-22(23,8-9-24(15)3)16(12)18(13)32-19;/h4-5,11,15,17,19,31H,6-10H2,1-3H3,(H,27,28)(H,29,30);1H/t15-,17+,19?,22+,23-;/m1./s1. The molecule has 1 amide bonds. The molecule has 1 saturated heterocycles. The van der Waals surface area contributed by atoms with Gasteiger partial charge in [0.2, 0.25) is 0 Å². The number of nitrogens with zero attached hydrogens (tertiary/aromatic N) is 2. The fourth-order valence-electron chi connectivity index (χ4n) is 6.79. The number of carboxylic acids is 1. The van der Waals surface area contributed by atoms with Crippen molar-refractivity contribution in [1.82, 2.24) is 4.90 Å². The first-order valence-corrected chi connectivity index (χ1v) is 11.1. The van der Waals surface area contributed by atoms with Crippen LogP contribution in [0.4, 0.5) is 10.5 Å². The summed E-state index contributed by atoms with van der Waals surface area (Å²) in [4.78, 5) is 40.3. The Hall–Kier alpha value is -2.36. The van der Waals surface area contributed by atoms with E-state index in [1.54, 1.807) is 19.9 Å². The van der Waals surface area contributed by atoms with Gasteiger partial charge in [0.05, 0.1) is 16.7 Å². The van der Waals surface area contributed by atoms with E-state index in [1.165, 1.54) is 0 Å². The monoisotopic (exact) mass is 480 g/mol. The van der Waals surface area contributed by atoms with Gasteiger partial charge >= 0.3 is 12.1 Å². The molecule has 1 unspecified atom stereocenters. The van der Waals surface area contributed by atoms with Crippen molar-refractivity contribution in [1.29, 1.82) is 0 Å². The van der Waals surface area contributed by atoms with Crippen LogP contribution in [-0.2, 0) is 21.4 Å². The van der Waals surface area contributed by atoms with Crippen LogP contribution in [0.25, 0.3) is 0 Å². The van der Waals surface area contributed by atoms with Crippen molar-refractivity contribution in [3.63, 3.8) is 0 Å². The maximum atomic E-state index is 13.0. The van der Waals surface area contributed by atoms with Gasteiger partial charge in [-0.25, -0.2) is 9.59 Å². The lowest BCUT2D eigenvalue weighted by atomic mass is 9.49. The molecule has 0 radical (unpaired) electrons. The number of ether oxygens (including phenoxy) is 1. The summed E-state index contributed by atoms with van der Waals surface area (Å²) in [5.41, 5.74) is -0.385. The Bertz CT molecular complexity index is 1050. The van der Waals surface area contributed by atoms with Crippen LogP contribution in [0.3, 0.4) is 0 Å². The predicted molar refractivity (Wildman–Crippen MR) is 120 cm³/mol. The van der Waals surface area contributed by atoms with Crippen molar-refractivity contribution in [2.45, 2.75) is 68.7 Å². The number of ketones is 1. The second-order valence-electron chi connectivity index (χ2n) is 9.94. The summed E-state index contributed by atoms with van der Waals surface area (Å²) in [5.74, 6) is -1.63. The summed E-state index contributed by atoms with van der Waals surface area (Å²) < 4.78 is 6.24. The summed E-state index contributed by atoms with van der Waals surface area (Å²) >= 11 is 0. The van der Waals surface area contributed by atoms with Crippen molar-refractivity contribution < 1.29 is 34.4 Å². The molecule has 10 heteroatoms. The molecule has 5 rings (SSSR count). The maximum absolute atomic E-state index is 13.0. The third-order valence-electron chi connectivity index (χ3n) is 8.15. The Kier molecular flexibility index (Phi) is 5.46. The number of likely N-dealkylation sites (N-methyl/N-ethyl adjacent to an activating group) is 1. The Morgan fingerprint density at radius 1 is 1.24 bits per heavy atom. The van der Waals surface area contributed by atoms with Gasteiger partial charge < -0.3 is 25.0 Å². The van der Waals surface area contributed by atoms with Gasteiger partial charge in [-0.3, -0.25) is 9.69 Å². The third-order valence-corrected chi connectivity index (χ3v) is 8.15. The predicted octanol–water partition coefficient (Wildman–Crippen LogP) is 2.06. The number of amides is 1. The molecule has 3 N–H and O–H groups in total. The minimum absolute atomic E-state index is 0. The molecule has 1 aromatic rings. The number of carbonyl (C=O) groups is 3. The second-order valence-corrected chi connectivity index (χ2v) is 9.94. The zero-order chi connectivity index (χ0) is 23.2. The van der Waals surface area contributed by atoms with E-state index < -0.39 is 41.1 Å². The molecule has 33 heavy (non-hydrogen) atoms. The lowest BCUT2D eigenvalue weighted by molar-refractivity contribution is -0.185. The van der Waals surface area contributed by atoms with Crippen molar-refractivity contribution in [2.75, 3.05) is 18.5 Å². The number of carbonyl (C=O) groups excluding carboxylic acids is 1. The van der Waals surface area contributed by atoms with E-state index in [2.05, 4.69) is 4.90 Å². The summed E-state index contributed by atoms with van der Waals surface area (Å²) in [6, 6.07) is 1.90. The summed E-state index contributed by atoms with van der Waals surface area (Å²) in [6.07, 6.45) is -0.714. The molecule has 0 aromatic heterocycles. The fraction of sp³-hybridized carbons (Fsp3) is 0.609. The molecule has 1 aromatic carbocycles. The quantitative estimate of drug-likeness (QED) is 0.597. The molecule has 1 spiro atoms. The number of carboxylic acid groups (broad SMARTS) is 2. The third kappa shape index (κ3) is 2.82. The van der Waals surface area contributed by atoms with Gasteiger partial charge in [-0.1, -0.05) is 19.9 Å². The molecule has 2 fully saturated rings. The number of hydrogen-bond acceptors (Lipinski definition) is 6. The van der Waals surface area contributed by atoms with Crippen LogP contribution in [0.15, 0.2) is 12.1 Å². The average Bonchev–Trinajstić information content (AvgIpc) is 3.07. The van der Waals surface area contributed by atoms with Crippen molar-refractivity contribution >= 4 is 35.9 Å². The van der Waals surface area contributed by atoms with Crippen molar-refractivity contribution in [3.8, 4) is 5.75 Å². The molecule has 9 nitrogen and oxygen atoms in total. The molecule has 1 saturated carbocycles. The normalized spacial score (nSPS) is 32.5. The Balaban J connectivity index is 0.00000259. The number of halogens is 1. The fourth-order valence-corrected chi connectivity index (χ4v) is 6.79. The van der Waals surface area contributed by atoms with Gasteiger partial charge in [-0.05, 0) is 50.4 Å². The molecule has 2 bridgehead atoms. The Morgan fingerprint density at radius 3 is 2.55 bits per heavy atom. The van der Waals surface area contributed by atoms with Crippen molar-refractivity contribution in [2.24, 2.45) is 5.92 Å². The van der Waals surface area contributed by atoms with Crippen LogP contribution in [0.1, 0.15) is 44.2 Å². The van der Waals surface area contributed by atoms with E-state index in [9.17, 15) is 29.7 Å². The van der Waals surface area contributed by atoms with E-state index in [-0.39, 0.29) is 42.1 Å². The number of piperidine rings is 1. The average molecular weight is 481 g/mol. The van der Waals surface area contributed by atoms with Gasteiger partial charge in [0.1, 0.15) is 11.8 Å². The molecule has 180 valence electrons. The minimum Gasteiger partial charge on any atom is -0.480 e. The molecule has 5 atom stereocenters. The van der Waals surface area contributed by atoms with Gasteiger partial charge in [0.15, 0.2) is 11.9 Å². The molecular formula is C23H29ClN2O7. The number of benzene rings is 1. The summed E-state index contributed by atoms with van der Waals surface area (Å²) in [5, 5.41) is 31.8. The van der Waals surface area contributed by atoms with E-state index in [4.69, 9.17) is 4.74 Å². The maximum Gasteiger partial charge on any atom is 0.412 e. The molecule has 2 aliphatic heterocycles. The van der Waals surface area contributed by atoms with Crippen LogP contribution in [-0.4, -0.2) is 75.4 Å². The summed E-state index contributed by atoms with van der Waals surface area (Å²) in [6.45, 7) is 3.97. The largest absolute Gasteiger partial charge is 0.480 e. The van der Waals surface area contributed by atoms with E-state index >= 15 is 0 Å². The Labute approximate surface area is 197 Å². The zero-order valence-corrected chi connectivity index (χ0v) is 19.6. The number of anilines is 1. The Morgan fingerprint density at radius 2 is 1.94 bits per heavy atom. The van der Waals surface area contributed by atoms with Gasteiger partial charge in [0.25, 0.3) is 0 Å². The highest BCUT2D eigenvalue weighted by molar-refractivity contribution is 5.98. The zero-order valence-electron chi connectivity index (χ0n) is 18.8. The lowest BCUT2D eigenvalue weighted by Gasteiger charge is -2.62. The molecular weight excluding hydrogens is 452 g/mol. The second kappa shape index (κ2) is 7.58. The number of hydrogen-bond donors (Lipinski definition) is 3. The molecule has 2 aliphatic carbocycles. The van der Waals surface area contributed by atoms with Crippen LogP contribution in [0, 0.1) is 5.92 Å². The van der Waals surface area contributed by atoms with Gasteiger partial charge in [-0.15, -0.1) is 12.4 Å². The first kappa shape index (κ1) is 23.8. The van der Waals surface area contributed by atoms with Crippen LogP contribution in [0.5, 0.6) is 5.75 Å². The minimum atomic E-state index is -1.41. The van der Waals surface area contributed by atoms with E-state index in [1.807, 2.05) is 13.1 Å². The van der Waals surface area contributed by atoms with Gasteiger partial charge in [0, 0.05) is 18.0 Å².